The number of thioether (sulfide) groups is 1. The molecule has 0 spiro atoms. The summed E-state index contributed by atoms with van der Waals surface area (Å²) < 4.78 is 1.87. The van der Waals surface area contributed by atoms with Crippen LogP contribution in [-0.2, 0) is 10.5 Å². The van der Waals surface area contributed by atoms with Crippen molar-refractivity contribution >= 4 is 29.2 Å². The molecule has 0 unspecified atom stereocenters. The molecule has 2 aromatic heterocycles. The Labute approximate surface area is 185 Å². The number of carbonyl (C=O) groups excluding carboxylic acids is 1. The van der Waals surface area contributed by atoms with E-state index in [1.54, 1.807) is 18.0 Å². The van der Waals surface area contributed by atoms with Crippen molar-refractivity contribution < 1.29 is 4.79 Å². The number of hydrogen-bond acceptors (Lipinski definition) is 7. The Kier molecular flexibility index (Phi) is 5.23. The van der Waals surface area contributed by atoms with Gasteiger partial charge in [0.05, 0.1) is 5.69 Å². The number of allylic oxidation sites excluding steroid dienone is 2. The largest absolute Gasteiger partial charge is 0.378 e. The normalized spacial score (nSPS) is 17.7. The average Bonchev–Trinajstić information content (AvgIpc) is 3.20. The van der Waals surface area contributed by atoms with Crippen LogP contribution in [0.25, 0.3) is 0 Å². The van der Waals surface area contributed by atoms with Gasteiger partial charge in [-0.15, -0.1) is 5.10 Å². The monoisotopic (exact) mass is 432 g/mol. The Morgan fingerprint density at radius 3 is 2.74 bits per heavy atom. The lowest BCUT2D eigenvalue weighted by Gasteiger charge is -2.32. The quantitative estimate of drug-likeness (QED) is 0.610. The summed E-state index contributed by atoms with van der Waals surface area (Å²) in [6, 6.07) is 14.0. The van der Waals surface area contributed by atoms with E-state index in [4.69, 9.17) is 10.1 Å². The van der Waals surface area contributed by atoms with Crippen molar-refractivity contribution in [3.8, 4) is 0 Å². The van der Waals surface area contributed by atoms with Gasteiger partial charge in [-0.1, -0.05) is 30.0 Å². The molecule has 0 bridgehead atoms. The predicted molar refractivity (Wildman–Crippen MR) is 122 cm³/mol. The number of hydrogen-bond donors (Lipinski definition) is 1. The molecule has 1 N–H and O–H groups in total. The lowest BCUT2D eigenvalue weighted by atomic mass is 9.85. The SMILES string of the molecule is CN(C)c1ccc([C@H]2C3=C(CCCC3=O)Nc3nc(SCc4ccccn4)nn32)cc1. The minimum atomic E-state index is -0.257. The highest BCUT2D eigenvalue weighted by Crippen LogP contribution is 2.41. The number of nitrogens with one attached hydrogen (secondary N) is 1. The average molecular weight is 433 g/mol. The smallest absolute Gasteiger partial charge is 0.227 e. The summed E-state index contributed by atoms with van der Waals surface area (Å²) in [7, 11) is 4.04. The second-order valence-corrected chi connectivity index (χ2v) is 8.90. The van der Waals surface area contributed by atoms with Gasteiger partial charge >= 0.3 is 0 Å². The fraction of sp³-hybridized carbons (Fsp3) is 0.304. The fourth-order valence-electron chi connectivity index (χ4n) is 4.08. The Hall–Kier alpha value is -3.13. The van der Waals surface area contributed by atoms with E-state index in [1.165, 1.54) is 0 Å². The number of carbonyl (C=O) groups is 1. The van der Waals surface area contributed by atoms with Gasteiger partial charge in [0.15, 0.2) is 5.78 Å². The molecule has 1 atom stereocenters. The fourth-order valence-corrected chi connectivity index (χ4v) is 4.83. The number of pyridine rings is 1. The molecule has 1 aliphatic carbocycles. The van der Waals surface area contributed by atoms with E-state index in [-0.39, 0.29) is 11.8 Å². The zero-order valence-electron chi connectivity index (χ0n) is 17.6. The van der Waals surface area contributed by atoms with Crippen LogP contribution in [0, 0.1) is 0 Å². The molecule has 0 amide bonds. The van der Waals surface area contributed by atoms with E-state index in [2.05, 4.69) is 39.5 Å². The third-order valence-corrected chi connectivity index (χ3v) is 6.52. The summed E-state index contributed by atoms with van der Waals surface area (Å²) in [5.74, 6) is 1.58. The molecule has 0 saturated carbocycles. The topological polar surface area (TPSA) is 75.9 Å². The van der Waals surface area contributed by atoms with Crippen LogP contribution in [0.5, 0.6) is 0 Å². The van der Waals surface area contributed by atoms with Gasteiger partial charge in [-0.2, -0.15) is 4.98 Å². The summed E-state index contributed by atoms with van der Waals surface area (Å²) in [4.78, 5) is 24.1. The number of Topliss-reactive ketones (excluding diaryl/α,β-unsaturated/α-hetero) is 1. The van der Waals surface area contributed by atoms with Gasteiger partial charge in [0.25, 0.3) is 0 Å². The van der Waals surface area contributed by atoms with E-state index < -0.39 is 0 Å². The molecule has 8 heteroatoms. The number of ketones is 1. The lowest BCUT2D eigenvalue weighted by molar-refractivity contribution is -0.116. The van der Waals surface area contributed by atoms with E-state index in [1.807, 2.05) is 37.0 Å². The lowest BCUT2D eigenvalue weighted by Crippen LogP contribution is -2.31. The summed E-state index contributed by atoms with van der Waals surface area (Å²) in [5.41, 5.74) is 4.95. The number of benzene rings is 1. The van der Waals surface area contributed by atoms with Crippen LogP contribution in [0.1, 0.15) is 36.6 Å². The molecule has 0 fully saturated rings. The maximum atomic E-state index is 12.9. The van der Waals surface area contributed by atoms with Crippen LogP contribution in [0.3, 0.4) is 0 Å². The Morgan fingerprint density at radius 2 is 2.00 bits per heavy atom. The van der Waals surface area contributed by atoms with Crippen molar-refractivity contribution in [2.45, 2.75) is 36.2 Å². The summed E-state index contributed by atoms with van der Waals surface area (Å²) >= 11 is 1.55. The minimum Gasteiger partial charge on any atom is -0.378 e. The van der Waals surface area contributed by atoms with Crippen molar-refractivity contribution in [3.63, 3.8) is 0 Å². The summed E-state index contributed by atoms with van der Waals surface area (Å²) in [6.07, 6.45) is 4.10. The van der Waals surface area contributed by atoms with E-state index in [0.29, 0.717) is 23.3 Å². The molecule has 0 saturated heterocycles. The highest BCUT2D eigenvalue weighted by molar-refractivity contribution is 7.98. The first kappa shape index (κ1) is 19.8. The van der Waals surface area contributed by atoms with Gasteiger partial charge in [-0.3, -0.25) is 9.78 Å². The molecule has 1 aliphatic heterocycles. The van der Waals surface area contributed by atoms with Crippen LogP contribution >= 0.6 is 11.8 Å². The van der Waals surface area contributed by atoms with Crippen molar-refractivity contribution in [1.29, 1.82) is 0 Å². The molecule has 3 aromatic rings. The minimum absolute atomic E-state index is 0.194. The van der Waals surface area contributed by atoms with Crippen molar-refractivity contribution in [2.24, 2.45) is 0 Å². The molecular weight excluding hydrogens is 408 g/mol. The second-order valence-electron chi connectivity index (χ2n) is 7.95. The third-order valence-electron chi connectivity index (χ3n) is 5.65. The van der Waals surface area contributed by atoms with Crippen molar-refractivity contribution in [3.05, 3.63) is 71.2 Å². The first-order chi connectivity index (χ1) is 15.1. The summed E-state index contributed by atoms with van der Waals surface area (Å²) in [5, 5.41) is 8.85. The Morgan fingerprint density at radius 1 is 1.16 bits per heavy atom. The second kappa shape index (κ2) is 8.19. The first-order valence-corrected chi connectivity index (χ1v) is 11.4. The molecule has 0 radical (unpaired) electrons. The van der Waals surface area contributed by atoms with Gasteiger partial charge in [-0.05, 0) is 42.7 Å². The summed E-state index contributed by atoms with van der Waals surface area (Å²) in [6.45, 7) is 0. The highest BCUT2D eigenvalue weighted by Gasteiger charge is 2.36. The molecule has 31 heavy (non-hydrogen) atoms. The van der Waals surface area contributed by atoms with Crippen LogP contribution in [0.4, 0.5) is 11.6 Å². The van der Waals surface area contributed by atoms with E-state index >= 15 is 0 Å². The van der Waals surface area contributed by atoms with Gasteiger partial charge in [0.1, 0.15) is 6.04 Å². The number of fused-ring (bicyclic) bond motifs is 1. The maximum Gasteiger partial charge on any atom is 0.227 e. The van der Waals surface area contributed by atoms with Gasteiger partial charge in [0.2, 0.25) is 11.1 Å². The molecule has 5 rings (SSSR count). The van der Waals surface area contributed by atoms with Crippen molar-refractivity contribution in [1.82, 2.24) is 19.7 Å². The Balaban J connectivity index is 1.51. The standard InChI is InChI=1S/C23H24N6OS/c1-28(2)17-11-9-15(10-12-17)21-20-18(7-5-8-19(20)30)25-22-26-23(27-29(21)22)31-14-16-6-3-4-13-24-16/h3-4,6,9-13,21H,5,7-8,14H2,1-2H3,(H,25,26,27)/t21-/m0/s1. The predicted octanol–water partition coefficient (Wildman–Crippen LogP) is 4.05. The van der Waals surface area contributed by atoms with Crippen molar-refractivity contribution in [2.75, 3.05) is 24.3 Å². The molecule has 7 nitrogen and oxygen atoms in total. The highest BCUT2D eigenvalue weighted by atomic mass is 32.2. The molecule has 3 heterocycles. The third kappa shape index (κ3) is 3.83. The number of rotatable bonds is 5. The van der Waals surface area contributed by atoms with Crippen LogP contribution in [0.15, 0.2) is 65.1 Å². The van der Waals surface area contributed by atoms with Gasteiger partial charge < -0.3 is 10.2 Å². The molecular formula is C23H24N6OS. The van der Waals surface area contributed by atoms with E-state index in [9.17, 15) is 4.79 Å². The van der Waals surface area contributed by atoms with Crippen LogP contribution in [0.2, 0.25) is 0 Å². The van der Waals surface area contributed by atoms with Gasteiger partial charge in [0, 0.05) is 49.4 Å². The van der Waals surface area contributed by atoms with Crippen LogP contribution in [-0.4, -0.2) is 39.6 Å². The first-order valence-electron chi connectivity index (χ1n) is 10.4. The molecule has 158 valence electrons. The Bertz CT molecular complexity index is 1140. The molecule has 1 aromatic carbocycles. The zero-order chi connectivity index (χ0) is 21.4. The maximum absolute atomic E-state index is 12.9. The number of aromatic nitrogens is 4. The van der Waals surface area contributed by atoms with E-state index in [0.717, 1.165) is 41.1 Å². The zero-order valence-corrected chi connectivity index (χ0v) is 18.4. The number of anilines is 2. The van der Waals surface area contributed by atoms with Crippen LogP contribution < -0.4 is 10.2 Å². The van der Waals surface area contributed by atoms with Gasteiger partial charge in [-0.25, -0.2) is 4.68 Å². The number of nitrogens with zero attached hydrogens (tertiary/aromatic N) is 5. The molecule has 2 aliphatic rings.